The van der Waals surface area contributed by atoms with Crippen LogP contribution in [0.1, 0.15) is 24.0 Å². The van der Waals surface area contributed by atoms with Gasteiger partial charge in [0.1, 0.15) is 0 Å². The maximum Gasteiger partial charge on any atom is 0.232 e. The van der Waals surface area contributed by atoms with Crippen molar-refractivity contribution in [1.29, 1.82) is 0 Å². The van der Waals surface area contributed by atoms with Gasteiger partial charge < -0.3 is 5.32 Å². The Kier molecular flexibility index (Phi) is 7.68. The molecule has 0 aliphatic heterocycles. The number of rotatable bonds is 9. The van der Waals surface area contributed by atoms with E-state index in [1.54, 1.807) is 6.07 Å². The number of halogens is 1. The Bertz CT molecular complexity index is 867. The minimum Gasteiger partial charge on any atom is -0.356 e. The molecule has 0 aliphatic rings. The van der Waals surface area contributed by atoms with Gasteiger partial charge in [-0.2, -0.15) is 0 Å². The average Bonchev–Trinajstić information content (AvgIpc) is 2.59. The molecule has 0 spiro atoms. The highest BCUT2D eigenvalue weighted by Crippen LogP contribution is 2.19. The molecule has 0 unspecified atom stereocenters. The zero-order valence-electron chi connectivity index (χ0n) is 15.6. The van der Waals surface area contributed by atoms with Gasteiger partial charge in [-0.15, -0.1) is 0 Å². The number of anilines is 1. The van der Waals surface area contributed by atoms with Crippen molar-refractivity contribution in [2.75, 3.05) is 23.7 Å². The Labute approximate surface area is 166 Å². The van der Waals surface area contributed by atoms with Crippen molar-refractivity contribution in [2.45, 2.75) is 26.2 Å². The molecule has 0 heterocycles. The zero-order valence-corrected chi connectivity index (χ0v) is 17.2. The van der Waals surface area contributed by atoms with Gasteiger partial charge in [0.25, 0.3) is 0 Å². The van der Waals surface area contributed by atoms with E-state index in [0.29, 0.717) is 23.7 Å². The first kappa shape index (κ1) is 21.3. The lowest BCUT2D eigenvalue weighted by Crippen LogP contribution is -2.32. The third kappa shape index (κ3) is 7.23. The van der Waals surface area contributed by atoms with E-state index < -0.39 is 10.0 Å². The Balaban J connectivity index is 1.80. The van der Waals surface area contributed by atoms with Crippen LogP contribution in [-0.4, -0.2) is 33.7 Å². The van der Waals surface area contributed by atoms with Crippen LogP contribution >= 0.6 is 11.6 Å². The second-order valence-corrected chi connectivity index (χ2v) is 8.85. The van der Waals surface area contributed by atoms with E-state index in [-0.39, 0.29) is 18.9 Å². The largest absolute Gasteiger partial charge is 0.356 e. The number of nitrogens with one attached hydrogen (secondary N) is 1. The van der Waals surface area contributed by atoms with Gasteiger partial charge in [0, 0.05) is 24.5 Å². The standard InChI is InChI=1S/C20H25ClN2O3S/c1-16-5-3-6-19(15-16)23(27(2,25)26)14-4-7-20(24)22-13-12-17-8-10-18(21)11-9-17/h3,5-6,8-11,15H,4,7,12-14H2,1-2H3,(H,22,24). The Morgan fingerprint density at radius 2 is 1.85 bits per heavy atom. The molecule has 0 fully saturated rings. The Morgan fingerprint density at radius 3 is 2.48 bits per heavy atom. The van der Waals surface area contributed by atoms with Crippen LogP contribution in [0.3, 0.4) is 0 Å². The molecule has 146 valence electrons. The van der Waals surface area contributed by atoms with E-state index in [9.17, 15) is 13.2 Å². The van der Waals surface area contributed by atoms with Crippen molar-refractivity contribution in [2.24, 2.45) is 0 Å². The van der Waals surface area contributed by atoms with E-state index in [1.807, 2.05) is 49.4 Å². The summed E-state index contributed by atoms with van der Waals surface area (Å²) in [5.41, 5.74) is 2.71. The highest BCUT2D eigenvalue weighted by molar-refractivity contribution is 7.92. The summed E-state index contributed by atoms with van der Waals surface area (Å²) in [7, 11) is -3.40. The summed E-state index contributed by atoms with van der Waals surface area (Å²) in [4.78, 5) is 12.0. The molecule has 0 radical (unpaired) electrons. The van der Waals surface area contributed by atoms with Gasteiger partial charge >= 0.3 is 0 Å². The SMILES string of the molecule is Cc1cccc(N(CCCC(=O)NCCc2ccc(Cl)cc2)S(C)(=O)=O)c1. The molecular formula is C20H25ClN2O3S. The lowest BCUT2D eigenvalue weighted by molar-refractivity contribution is -0.121. The van der Waals surface area contributed by atoms with Crippen LogP contribution in [0.25, 0.3) is 0 Å². The molecule has 0 aliphatic carbocycles. The van der Waals surface area contributed by atoms with Crippen LogP contribution in [0.15, 0.2) is 48.5 Å². The molecule has 0 saturated carbocycles. The number of nitrogens with zero attached hydrogens (tertiary/aromatic N) is 1. The molecule has 2 aromatic carbocycles. The maximum atomic E-state index is 12.1. The molecule has 27 heavy (non-hydrogen) atoms. The number of sulfonamides is 1. The summed E-state index contributed by atoms with van der Waals surface area (Å²) < 4.78 is 25.5. The van der Waals surface area contributed by atoms with Crippen LogP contribution in [0.4, 0.5) is 5.69 Å². The van der Waals surface area contributed by atoms with Gasteiger partial charge in [-0.05, 0) is 55.2 Å². The first-order valence-electron chi connectivity index (χ1n) is 8.81. The summed E-state index contributed by atoms with van der Waals surface area (Å²) in [6, 6.07) is 14.8. The van der Waals surface area contributed by atoms with E-state index in [2.05, 4.69) is 5.32 Å². The monoisotopic (exact) mass is 408 g/mol. The van der Waals surface area contributed by atoms with Gasteiger partial charge in [-0.3, -0.25) is 9.10 Å². The Hall–Kier alpha value is -2.05. The lowest BCUT2D eigenvalue weighted by Gasteiger charge is -2.22. The minimum atomic E-state index is -3.40. The molecule has 1 amide bonds. The molecule has 0 atom stereocenters. The van der Waals surface area contributed by atoms with Crippen molar-refractivity contribution >= 4 is 33.2 Å². The minimum absolute atomic E-state index is 0.0818. The van der Waals surface area contributed by atoms with Crippen molar-refractivity contribution < 1.29 is 13.2 Å². The van der Waals surface area contributed by atoms with Crippen LogP contribution in [0.2, 0.25) is 5.02 Å². The first-order chi connectivity index (χ1) is 12.8. The fourth-order valence-corrected chi connectivity index (χ4v) is 3.82. The maximum absolute atomic E-state index is 12.1. The predicted molar refractivity (Wildman–Crippen MR) is 111 cm³/mol. The number of amides is 1. The Morgan fingerprint density at radius 1 is 1.15 bits per heavy atom. The molecule has 0 aromatic heterocycles. The van der Waals surface area contributed by atoms with Crippen LogP contribution in [0, 0.1) is 6.92 Å². The quantitative estimate of drug-likeness (QED) is 0.689. The van der Waals surface area contributed by atoms with E-state index in [0.717, 1.165) is 17.5 Å². The first-order valence-corrected chi connectivity index (χ1v) is 11.0. The molecule has 2 rings (SSSR count). The summed E-state index contributed by atoms with van der Waals surface area (Å²) in [5, 5.41) is 3.55. The second-order valence-electron chi connectivity index (χ2n) is 6.50. The fraction of sp³-hybridized carbons (Fsp3) is 0.350. The van der Waals surface area contributed by atoms with Crippen molar-refractivity contribution in [3.63, 3.8) is 0 Å². The fourth-order valence-electron chi connectivity index (χ4n) is 2.74. The number of aryl methyl sites for hydroxylation is 1. The highest BCUT2D eigenvalue weighted by Gasteiger charge is 2.17. The van der Waals surface area contributed by atoms with Crippen LogP contribution < -0.4 is 9.62 Å². The number of benzene rings is 2. The predicted octanol–water partition coefficient (Wildman–Crippen LogP) is 3.55. The van der Waals surface area contributed by atoms with E-state index in [1.165, 1.54) is 10.6 Å². The van der Waals surface area contributed by atoms with Crippen molar-refractivity contribution in [3.05, 3.63) is 64.7 Å². The average molecular weight is 409 g/mol. The van der Waals surface area contributed by atoms with Crippen LogP contribution in [0.5, 0.6) is 0 Å². The van der Waals surface area contributed by atoms with Crippen molar-refractivity contribution in [1.82, 2.24) is 5.32 Å². The van der Waals surface area contributed by atoms with Gasteiger partial charge in [-0.25, -0.2) is 8.42 Å². The number of carbonyl (C=O) groups excluding carboxylic acids is 1. The molecular weight excluding hydrogens is 384 g/mol. The number of carbonyl (C=O) groups is 1. The molecule has 0 saturated heterocycles. The smallest absolute Gasteiger partial charge is 0.232 e. The summed E-state index contributed by atoms with van der Waals surface area (Å²) in [6.45, 7) is 2.72. The van der Waals surface area contributed by atoms with E-state index in [4.69, 9.17) is 11.6 Å². The second kappa shape index (κ2) is 9.76. The summed E-state index contributed by atoms with van der Waals surface area (Å²) in [6.07, 6.45) is 2.63. The van der Waals surface area contributed by atoms with Gasteiger partial charge in [0.05, 0.1) is 11.9 Å². The molecule has 2 aromatic rings. The van der Waals surface area contributed by atoms with Gasteiger partial charge in [0.15, 0.2) is 0 Å². The molecule has 5 nitrogen and oxygen atoms in total. The van der Waals surface area contributed by atoms with Gasteiger partial charge in [0.2, 0.25) is 15.9 Å². The van der Waals surface area contributed by atoms with Crippen LogP contribution in [-0.2, 0) is 21.2 Å². The molecule has 7 heteroatoms. The summed E-state index contributed by atoms with van der Waals surface area (Å²) in [5.74, 6) is -0.0818. The third-order valence-corrected chi connectivity index (χ3v) is 5.55. The molecule has 1 N–H and O–H groups in total. The zero-order chi connectivity index (χ0) is 19.9. The number of hydrogen-bond donors (Lipinski definition) is 1. The topological polar surface area (TPSA) is 66.5 Å². The lowest BCUT2D eigenvalue weighted by atomic mass is 10.1. The summed E-state index contributed by atoms with van der Waals surface area (Å²) >= 11 is 5.85. The molecule has 0 bridgehead atoms. The van der Waals surface area contributed by atoms with E-state index >= 15 is 0 Å². The normalized spacial score (nSPS) is 11.2. The highest BCUT2D eigenvalue weighted by atomic mass is 35.5. The van der Waals surface area contributed by atoms with Crippen molar-refractivity contribution in [3.8, 4) is 0 Å². The number of hydrogen-bond acceptors (Lipinski definition) is 3. The van der Waals surface area contributed by atoms with Gasteiger partial charge in [-0.1, -0.05) is 35.9 Å². The third-order valence-electron chi connectivity index (χ3n) is 4.10.